The van der Waals surface area contributed by atoms with Crippen molar-refractivity contribution in [2.24, 2.45) is 0 Å². The average molecular weight is 433 g/mol. The number of carbonyl (C=O) groups is 1. The highest BCUT2D eigenvalue weighted by Gasteiger charge is 2.32. The van der Waals surface area contributed by atoms with Crippen LogP contribution in [-0.4, -0.2) is 51.6 Å². The van der Waals surface area contributed by atoms with E-state index in [1.807, 2.05) is 29.3 Å². The number of rotatable bonds is 7. The molecule has 4 heterocycles. The lowest BCUT2D eigenvalue weighted by Crippen LogP contribution is -2.29. The third-order valence-corrected chi connectivity index (χ3v) is 6.00. The molecule has 2 aliphatic heterocycles. The highest BCUT2D eigenvalue weighted by Crippen LogP contribution is 2.29. The number of pyridine rings is 1. The lowest BCUT2D eigenvalue weighted by Gasteiger charge is -2.23. The maximum Gasteiger partial charge on any atom is 0.273 e. The minimum absolute atomic E-state index is 0.0188. The first-order valence-electron chi connectivity index (χ1n) is 11.3. The smallest absolute Gasteiger partial charge is 0.273 e. The molecule has 1 amide bonds. The molecule has 1 aromatic carbocycles. The Hall–Kier alpha value is -3.26. The van der Waals surface area contributed by atoms with Crippen LogP contribution in [0.1, 0.15) is 47.8 Å². The summed E-state index contributed by atoms with van der Waals surface area (Å²) in [5.74, 6) is 1.20. The fraction of sp³-hybridized carbons (Fsp3) is 0.417. The molecule has 0 atom stereocenters. The second-order valence-corrected chi connectivity index (χ2v) is 8.37. The number of nitrogens with one attached hydrogen (secondary N) is 2. The Labute approximate surface area is 187 Å². The standard InChI is InChI=1S/C24H28N6O2/c1-2-9-30-15-19-21(23(30)31)28-24(27-18-7-10-32-11-8-18)29-22(19)26-14-16-12-17-5-3-4-6-20(17)25-13-16/h3-6,12-13,18H,2,7-11,14-15H2,1H3,(H2,26,27,28,29). The average Bonchev–Trinajstić information content (AvgIpc) is 3.14. The van der Waals surface area contributed by atoms with Crippen LogP contribution in [-0.2, 0) is 17.8 Å². The molecular formula is C24H28N6O2. The van der Waals surface area contributed by atoms with E-state index in [0.717, 1.165) is 54.5 Å². The monoisotopic (exact) mass is 432 g/mol. The first kappa shape index (κ1) is 20.6. The van der Waals surface area contributed by atoms with Gasteiger partial charge >= 0.3 is 0 Å². The SMILES string of the molecule is CCCN1Cc2c(NCc3cnc4ccccc4c3)nc(NC3CCOCC3)nc2C1=O. The number of carbonyl (C=O) groups excluding carboxylic acids is 1. The van der Waals surface area contributed by atoms with Crippen molar-refractivity contribution < 1.29 is 9.53 Å². The minimum Gasteiger partial charge on any atom is -0.381 e. The predicted molar refractivity (Wildman–Crippen MR) is 124 cm³/mol. The quantitative estimate of drug-likeness (QED) is 0.589. The number of amides is 1. The van der Waals surface area contributed by atoms with E-state index in [1.54, 1.807) is 0 Å². The van der Waals surface area contributed by atoms with Crippen molar-refractivity contribution in [1.29, 1.82) is 0 Å². The largest absolute Gasteiger partial charge is 0.381 e. The van der Waals surface area contributed by atoms with Gasteiger partial charge in [0, 0.05) is 49.5 Å². The summed E-state index contributed by atoms with van der Waals surface area (Å²) < 4.78 is 5.45. The summed E-state index contributed by atoms with van der Waals surface area (Å²) in [7, 11) is 0. The molecule has 0 radical (unpaired) electrons. The van der Waals surface area contributed by atoms with Crippen molar-refractivity contribution >= 4 is 28.6 Å². The number of ether oxygens (including phenoxy) is 1. The Bertz CT molecular complexity index is 1130. The predicted octanol–water partition coefficient (Wildman–Crippen LogP) is 3.59. The number of benzene rings is 1. The van der Waals surface area contributed by atoms with Gasteiger partial charge in [-0.3, -0.25) is 9.78 Å². The van der Waals surface area contributed by atoms with Crippen LogP contribution in [0.5, 0.6) is 0 Å². The molecule has 3 aromatic rings. The summed E-state index contributed by atoms with van der Waals surface area (Å²) in [4.78, 5) is 28.7. The molecule has 166 valence electrons. The van der Waals surface area contributed by atoms with Gasteiger partial charge < -0.3 is 20.3 Å². The van der Waals surface area contributed by atoms with Crippen molar-refractivity contribution in [3.63, 3.8) is 0 Å². The molecule has 8 nitrogen and oxygen atoms in total. The number of para-hydroxylation sites is 1. The molecule has 32 heavy (non-hydrogen) atoms. The molecule has 1 fully saturated rings. The van der Waals surface area contributed by atoms with Crippen LogP contribution in [0.2, 0.25) is 0 Å². The van der Waals surface area contributed by atoms with Gasteiger partial charge in [-0.2, -0.15) is 4.98 Å². The molecule has 0 aliphatic carbocycles. The van der Waals surface area contributed by atoms with Crippen molar-refractivity contribution in [1.82, 2.24) is 19.9 Å². The van der Waals surface area contributed by atoms with E-state index >= 15 is 0 Å². The van der Waals surface area contributed by atoms with Crippen molar-refractivity contribution in [3.8, 4) is 0 Å². The summed E-state index contributed by atoms with van der Waals surface area (Å²) in [6, 6.07) is 10.5. The van der Waals surface area contributed by atoms with E-state index in [4.69, 9.17) is 9.72 Å². The maximum absolute atomic E-state index is 13.0. The van der Waals surface area contributed by atoms with Crippen LogP contribution in [0.25, 0.3) is 10.9 Å². The summed E-state index contributed by atoms with van der Waals surface area (Å²) >= 11 is 0. The topological polar surface area (TPSA) is 92.3 Å². The molecule has 8 heteroatoms. The number of hydrogen-bond donors (Lipinski definition) is 2. The van der Waals surface area contributed by atoms with Crippen LogP contribution < -0.4 is 10.6 Å². The highest BCUT2D eigenvalue weighted by atomic mass is 16.5. The lowest BCUT2D eigenvalue weighted by atomic mass is 10.1. The maximum atomic E-state index is 13.0. The molecule has 1 saturated heterocycles. The van der Waals surface area contributed by atoms with Crippen LogP contribution in [0.15, 0.2) is 36.5 Å². The van der Waals surface area contributed by atoms with E-state index in [0.29, 0.717) is 37.1 Å². The normalized spacial score (nSPS) is 16.4. The fourth-order valence-electron chi connectivity index (χ4n) is 4.31. The summed E-state index contributed by atoms with van der Waals surface area (Å²) in [6.45, 7) is 5.35. The van der Waals surface area contributed by atoms with E-state index in [9.17, 15) is 4.79 Å². The molecule has 0 saturated carbocycles. The summed E-state index contributed by atoms with van der Waals surface area (Å²) in [5, 5.41) is 7.97. The zero-order valence-electron chi connectivity index (χ0n) is 18.3. The van der Waals surface area contributed by atoms with Gasteiger partial charge in [-0.15, -0.1) is 0 Å². The second kappa shape index (κ2) is 9.08. The first-order valence-corrected chi connectivity index (χ1v) is 11.3. The van der Waals surface area contributed by atoms with Gasteiger partial charge in [0.2, 0.25) is 5.95 Å². The molecule has 0 bridgehead atoms. The van der Waals surface area contributed by atoms with Crippen LogP contribution in [0.3, 0.4) is 0 Å². The zero-order valence-corrected chi connectivity index (χ0v) is 18.3. The Morgan fingerprint density at radius 1 is 1.19 bits per heavy atom. The van der Waals surface area contributed by atoms with E-state index in [-0.39, 0.29) is 11.9 Å². The third-order valence-electron chi connectivity index (χ3n) is 6.00. The number of aromatic nitrogens is 3. The van der Waals surface area contributed by atoms with Crippen molar-refractivity contribution in [2.45, 2.75) is 45.3 Å². The van der Waals surface area contributed by atoms with Crippen molar-refractivity contribution in [3.05, 3.63) is 53.3 Å². The van der Waals surface area contributed by atoms with E-state index in [2.05, 4.69) is 39.7 Å². The van der Waals surface area contributed by atoms with Gasteiger partial charge in [0.05, 0.1) is 12.1 Å². The molecule has 2 aromatic heterocycles. The van der Waals surface area contributed by atoms with Gasteiger partial charge in [0.15, 0.2) is 0 Å². The minimum atomic E-state index is -0.0188. The molecule has 0 spiro atoms. The van der Waals surface area contributed by atoms with Crippen molar-refractivity contribution in [2.75, 3.05) is 30.4 Å². The molecule has 5 rings (SSSR count). The van der Waals surface area contributed by atoms with E-state index < -0.39 is 0 Å². The number of nitrogens with zero attached hydrogens (tertiary/aromatic N) is 4. The van der Waals surface area contributed by atoms with Gasteiger partial charge in [-0.25, -0.2) is 4.98 Å². The van der Waals surface area contributed by atoms with Crippen LogP contribution in [0.4, 0.5) is 11.8 Å². The molecule has 0 unspecified atom stereocenters. The first-order chi connectivity index (χ1) is 15.7. The van der Waals surface area contributed by atoms with Gasteiger partial charge in [-0.1, -0.05) is 25.1 Å². The number of hydrogen-bond acceptors (Lipinski definition) is 7. The van der Waals surface area contributed by atoms with Gasteiger partial charge in [0.1, 0.15) is 11.5 Å². The second-order valence-electron chi connectivity index (χ2n) is 8.37. The number of anilines is 2. The highest BCUT2D eigenvalue weighted by molar-refractivity contribution is 5.98. The Kier molecular flexibility index (Phi) is 5.85. The van der Waals surface area contributed by atoms with Gasteiger partial charge in [0.25, 0.3) is 5.91 Å². The third kappa shape index (κ3) is 4.23. The number of fused-ring (bicyclic) bond motifs is 2. The van der Waals surface area contributed by atoms with E-state index in [1.165, 1.54) is 0 Å². The Morgan fingerprint density at radius 3 is 2.88 bits per heavy atom. The van der Waals surface area contributed by atoms with Crippen LogP contribution >= 0.6 is 0 Å². The summed E-state index contributed by atoms with van der Waals surface area (Å²) in [5.41, 5.74) is 3.41. The summed E-state index contributed by atoms with van der Waals surface area (Å²) in [6.07, 6.45) is 4.60. The van der Waals surface area contributed by atoms with Gasteiger partial charge in [-0.05, 0) is 37.0 Å². The molecule has 2 aliphatic rings. The molecular weight excluding hydrogens is 404 g/mol. The lowest BCUT2D eigenvalue weighted by molar-refractivity contribution is 0.0774. The zero-order chi connectivity index (χ0) is 21.9. The fourth-order valence-corrected chi connectivity index (χ4v) is 4.31. The Balaban J connectivity index is 1.41. The Morgan fingerprint density at radius 2 is 2.03 bits per heavy atom. The van der Waals surface area contributed by atoms with Crippen LogP contribution in [0, 0.1) is 0 Å². The molecule has 2 N–H and O–H groups in total.